The van der Waals surface area contributed by atoms with E-state index < -0.39 is 5.91 Å². The number of amides is 1. The lowest BCUT2D eigenvalue weighted by molar-refractivity contribution is 0.102. The van der Waals surface area contributed by atoms with E-state index in [1.807, 2.05) is 0 Å². The number of phenolic OH excluding ortho intramolecular Hbond substituents is 2. The fourth-order valence-electron chi connectivity index (χ4n) is 3.12. The number of hydrogen-bond acceptors (Lipinski definition) is 3. The first-order valence-corrected chi connectivity index (χ1v) is 8.37. The number of nitrogens with one attached hydrogen (secondary N) is 1. The molecule has 0 fully saturated rings. The molecule has 0 aliphatic carbocycles. The molecule has 4 nitrogen and oxygen atoms in total. The quantitative estimate of drug-likeness (QED) is 0.334. The van der Waals surface area contributed by atoms with Crippen LogP contribution < -0.4 is 5.32 Å². The van der Waals surface area contributed by atoms with Crippen molar-refractivity contribution in [3.05, 3.63) is 77.3 Å². The minimum absolute atomic E-state index is 0.00320. The molecular formula is C21H14ClNO3. The summed E-state index contributed by atoms with van der Waals surface area (Å²) in [5.41, 5.74) is 0.724. The molecule has 128 valence electrons. The molecule has 3 N–H and O–H groups in total. The van der Waals surface area contributed by atoms with Crippen LogP contribution in [0.4, 0.5) is 5.69 Å². The van der Waals surface area contributed by atoms with E-state index in [9.17, 15) is 15.0 Å². The van der Waals surface area contributed by atoms with Crippen LogP contribution in [0.3, 0.4) is 0 Å². The lowest BCUT2D eigenvalue weighted by atomic mass is 9.99. The summed E-state index contributed by atoms with van der Waals surface area (Å²) in [6.45, 7) is 0. The molecule has 0 unspecified atom stereocenters. The number of carbonyl (C=O) groups is 1. The Morgan fingerprint density at radius 1 is 0.769 bits per heavy atom. The van der Waals surface area contributed by atoms with Gasteiger partial charge in [-0.05, 0) is 18.2 Å². The number of halogens is 1. The van der Waals surface area contributed by atoms with Crippen LogP contribution in [0, 0.1) is 0 Å². The molecule has 0 heterocycles. The van der Waals surface area contributed by atoms with Crippen LogP contribution in [-0.2, 0) is 0 Å². The molecule has 1 amide bonds. The number of rotatable bonds is 2. The SMILES string of the molecule is O=C(Nc1cccc2c(O)c3ccccc3c(O)c12)c1ccccc1Cl. The number of carbonyl (C=O) groups excluding carboxylic acids is 1. The third-order valence-electron chi connectivity index (χ3n) is 4.36. The minimum Gasteiger partial charge on any atom is -0.507 e. The Morgan fingerprint density at radius 2 is 1.38 bits per heavy atom. The zero-order chi connectivity index (χ0) is 18.3. The Morgan fingerprint density at radius 3 is 2.12 bits per heavy atom. The number of aromatic hydroxyl groups is 2. The number of fused-ring (bicyclic) bond motifs is 2. The average Bonchev–Trinajstić information content (AvgIpc) is 2.66. The highest BCUT2D eigenvalue weighted by Gasteiger charge is 2.17. The maximum absolute atomic E-state index is 12.6. The van der Waals surface area contributed by atoms with Crippen molar-refractivity contribution in [3.63, 3.8) is 0 Å². The van der Waals surface area contributed by atoms with Crippen LogP contribution in [0.1, 0.15) is 10.4 Å². The van der Waals surface area contributed by atoms with Crippen molar-refractivity contribution in [1.82, 2.24) is 0 Å². The van der Waals surface area contributed by atoms with Crippen LogP contribution in [-0.4, -0.2) is 16.1 Å². The van der Waals surface area contributed by atoms with Crippen molar-refractivity contribution in [3.8, 4) is 11.5 Å². The highest BCUT2D eigenvalue weighted by molar-refractivity contribution is 6.34. The van der Waals surface area contributed by atoms with Crippen molar-refractivity contribution in [2.45, 2.75) is 0 Å². The molecule has 0 bridgehead atoms. The van der Waals surface area contributed by atoms with Crippen LogP contribution in [0.5, 0.6) is 11.5 Å². The summed E-state index contributed by atoms with van der Waals surface area (Å²) in [4.78, 5) is 12.6. The van der Waals surface area contributed by atoms with Gasteiger partial charge >= 0.3 is 0 Å². The van der Waals surface area contributed by atoms with Gasteiger partial charge in [0.1, 0.15) is 11.5 Å². The van der Waals surface area contributed by atoms with E-state index in [0.717, 1.165) is 0 Å². The lowest BCUT2D eigenvalue weighted by Gasteiger charge is -2.14. The van der Waals surface area contributed by atoms with Crippen LogP contribution in [0.2, 0.25) is 5.02 Å². The van der Waals surface area contributed by atoms with E-state index in [1.54, 1.807) is 66.7 Å². The Balaban J connectivity index is 1.91. The van der Waals surface area contributed by atoms with Gasteiger partial charge in [0.25, 0.3) is 5.91 Å². The predicted molar refractivity (Wildman–Crippen MR) is 104 cm³/mol. The minimum atomic E-state index is -0.393. The average molecular weight is 364 g/mol. The van der Waals surface area contributed by atoms with Crippen molar-refractivity contribution >= 4 is 44.7 Å². The molecule has 4 aromatic carbocycles. The standard InChI is InChI=1S/C21H14ClNO3/c22-16-10-4-3-8-14(16)21(26)23-17-11-5-9-15-18(17)20(25)13-7-2-1-6-12(13)19(15)24/h1-11,24-25H,(H,23,26). The molecule has 4 aromatic rings. The molecule has 0 aromatic heterocycles. The second kappa shape index (κ2) is 6.24. The number of phenols is 2. The Kier molecular flexibility index (Phi) is 3.90. The normalized spacial score (nSPS) is 11.0. The molecular weight excluding hydrogens is 350 g/mol. The molecule has 4 rings (SSSR count). The summed E-state index contributed by atoms with van der Waals surface area (Å²) >= 11 is 6.09. The largest absolute Gasteiger partial charge is 0.507 e. The van der Waals surface area contributed by atoms with Gasteiger partial charge in [-0.25, -0.2) is 0 Å². The van der Waals surface area contributed by atoms with Gasteiger partial charge in [0, 0.05) is 16.2 Å². The number of hydrogen-bond donors (Lipinski definition) is 3. The van der Waals surface area contributed by atoms with Gasteiger partial charge in [0.15, 0.2) is 0 Å². The maximum Gasteiger partial charge on any atom is 0.257 e. The van der Waals surface area contributed by atoms with Crippen LogP contribution >= 0.6 is 11.6 Å². The number of anilines is 1. The maximum atomic E-state index is 12.6. The summed E-state index contributed by atoms with van der Waals surface area (Å²) < 4.78 is 0. The second-order valence-corrected chi connectivity index (χ2v) is 6.31. The fourth-order valence-corrected chi connectivity index (χ4v) is 3.34. The van der Waals surface area contributed by atoms with Gasteiger partial charge < -0.3 is 15.5 Å². The third-order valence-corrected chi connectivity index (χ3v) is 4.69. The van der Waals surface area contributed by atoms with Gasteiger partial charge in [0.05, 0.1) is 21.7 Å². The van der Waals surface area contributed by atoms with Crippen molar-refractivity contribution < 1.29 is 15.0 Å². The Hall–Kier alpha value is -3.24. The zero-order valence-electron chi connectivity index (χ0n) is 13.5. The van der Waals surface area contributed by atoms with Gasteiger partial charge in [-0.15, -0.1) is 0 Å². The fraction of sp³-hybridized carbons (Fsp3) is 0. The van der Waals surface area contributed by atoms with Gasteiger partial charge in [-0.1, -0.05) is 60.1 Å². The van der Waals surface area contributed by atoms with Gasteiger partial charge in [-0.2, -0.15) is 0 Å². The molecule has 0 atom stereocenters. The summed E-state index contributed by atoms with van der Waals surface area (Å²) in [7, 11) is 0. The van der Waals surface area contributed by atoms with E-state index >= 15 is 0 Å². The number of benzene rings is 4. The van der Waals surface area contributed by atoms with Gasteiger partial charge in [0.2, 0.25) is 0 Å². The zero-order valence-corrected chi connectivity index (χ0v) is 14.3. The molecule has 5 heteroatoms. The second-order valence-electron chi connectivity index (χ2n) is 5.90. The summed E-state index contributed by atoms with van der Waals surface area (Å²) in [5.74, 6) is -0.333. The molecule has 0 saturated heterocycles. The molecule has 0 radical (unpaired) electrons. The van der Waals surface area contributed by atoms with Crippen molar-refractivity contribution in [1.29, 1.82) is 0 Å². The summed E-state index contributed by atoms with van der Waals surface area (Å²) in [5, 5.41) is 26.4. The Bertz CT molecular complexity index is 1170. The van der Waals surface area contributed by atoms with Crippen molar-refractivity contribution in [2.24, 2.45) is 0 Å². The first-order chi connectivity index (χ1) is 12.6. The van der Waals surface area contributed by atoms with E-state index in [4.69, 9.17) is 11.6 Å². The highest BCUT2D eigenvalue weighted by Crippen LogP contribution is 2.44. The van der Waals surface area contributed by atoms with Crippen LogP contribution in [0.15, 0.2) is 66.7 Å². The predicted octanol–water partition coefficient (Wildman–Crippen LogP) is 5.31. The highest BCUT2D eigenvalue weighted by atomic mass is 35.5. The van der Waals surface area contributed by atoms with Crippen LogP contribution in [0.25, 0.3) is 21.5 Å². The lowest BCUT2D eigenvalue weighted by Crippen LogP contribution is -2.12. The van der Waals surface area contributed by atoms with Crippen molar-refractivity contribution in [2.75, 3.05) is 5.32 Å². The molecule has 26 heavy (non-hydrogen) atoms. The topological polar surface area (TPSA) is 69.6 Å². The monoisotopic (exact) mass is 363 g/mol. The first-order valence-electron chi connectivity index (χ1n) is 7.99. The molecule has 0 aliphatic heterocycles. The van der Waals surface area contributed by atoms with E-state index in [1.165, 1.54) is 0 Å². The smallest absolute Gasteiger partial charge is 0.257 e. The summed E-state index contributed by atoms with van der Waals surface area (Å²) in [6.07, 6.45) is 0. The summed E-state index contributed by atoms with van der Waals surface area (Å²) in [6, 6.07) is 18.8. The van der Waals surface area contributed by atoms with Gasteiger partial charge in [-0.3, -0.25) is 4.79 Å². The Labute approximate surface area is 154 Å². The van der Waals surface area contributed by atoms with E-state index in [2.05, 4.69) is 5.32 Å². The van der Waals surface area contributed by atoms with E-state index in [-0.39, 0.29) is 11.5 Å². The molecule has 0 saturated carbocycles. The first kappa shape index (κ1) is 16.2. The van der Waals surface area contributed by atoms with E-state index in [0.29, 0.717) is 37.8 Å². The molecule has 0 spiro atoms. The third kappa shape index (κ3) is 2.52. The molecule has 0 aliphatic rings.